The summed E-state index contributed by atoms with van der Waals surface area (Å²) in [6.45, 7) is 0. The molecular formula is C15H20N2O. The zero-order valence-electron chi connectivity index (χ0n) is 10.6. The molecule has 0 saturated heterocycles. The third-order valence-electron chi connectivity index (χ3n) is 4.29. The van der Waals surface area contributed by atoms with Gasteiger partial charge in [-0.05, 0) is 43.2 Å². The number of hydrogen-bond donors (Lipinski definition) is 2. The van der Waals surface area contributed by atoms with Crippen LogP contribution < -0.4 is 11.1 Å². The van der Waals surface area contributed by atoms with Crippen molar-refractivity contribution in [3.05, 3.63) is 35.4 Å². The van der Waals surface area contributed by atoms with Crippen molar-refractivity contribution < 1.29 is 4.79 Å². The Kier molecular flexibility index (Phi) is 3.08. The van der Waals surface area contributed by atoms with E-state index in [1.807, 2.05) is 12.1 Å². The summed E-state index contributed by atoms with van der Waals surface area (Å²) in [6, 6.07) is 8.90. The number of carbonyl (C=O) groups excluding carboxylic acids is 1. The number of benzene rings is 1. The average Bonchev–Trinajstić information content (AvgIpc) is 2.34. The molecule has 3 rings (SSSR count). The van der Waals surface area contributed by atoms with Gasteiger partial charge in [0, 0.05) is 12.1 Å². The highest BCUT2D eigenvalue weighted by Crippen LogP contribution is 2.35. The maximum atomic E-state index is 12.2. The van der Waals surface area contributed by atoms with Crippen molar-refractivity contribution in [3.8, 4) is 0 Å². The predicted octanol–water partition coefficient (Wildman–Crippen LogP) is 1.71. The minimum Gasteiger partial charge on any atom is -0.353 e. The number of amides is 1. The number of nitrogens with two attached hydrogens (primary N) is 1. The van der Waals surface area contributed by atoms with Gasteiger partial charge in [-0.1, -0.05) is 24.3 Å². The van der Waals surface area contributed by atoms with E-state index < -0.39 is 0 Å². The molecule has 1 aromatic rings. The van der Waals surface area contributed by atoms with Gasteiger partial charge in [-0.2, -0.15) is 0 Å². The van der Waals surface area contributed by atoms with Crippen LogP contribution in [0.15, 0.2) is 24.3 Å². The molecule has 2 aliphatic rings. The minimum absolute atomic E-state index is 0.0804. The zero-order chi connectivity index (χ0) is 12.5. The van der Waals surface area contributed by atoms with E-state index in [1.54, 1.807) is 0 Å². The molecule has 1 unspecified atom stereocenters. The fourth-order valence-electron chi connectivity index (χ4n) is 3.06. The molecule has 0 aromatic heterocycles. The van der Waals surface area contributed by atoms with Crippen LogP contribution in [0.5, 0.6) is 0 Å². The predicted molar refractivity (Wildman–Crippen MR) is 71.3 cm³/mol. The fraction of sp³-hybridized carbons (Fsp3) is 0.533. The Balaban J connectivity index is 1.57. The van der Waals surface area contributed by atoms with E-state index in [9.17, 15) is 4.79 Å². The van der Waals surface area contributed by atoms with Gasteiger partial charge in [0.05, 0.1) is 5.92 Å². The molecule has 18 heavy (non-hydrogen) atoms. The lowest BCUT2D eigenvalue weighted by Crippen LogP contribution is -2.44. The van der Waals surface area contributed by atoms with Gasteiger partial charge in [0.1, 0.15) is 0 Å². The first-order valence-corrected chi connectivity index (χ1v) is 6.88. The Morgan fingerprint density at radius 3 is 2.61 bits per heavy atom. The van der Waals surface area contributed by atoms with Crippen LogP contribution in [-0.2, 0) is 11.2 Å². The lowest BCUT2D eigenvalue weighted by molar-refractivity contribution is -0.124. The van der Waals surface area contributed by atoms with E-state index in [4.69, 9.17) is 5.73 Å². The Morgan fingerprint density at radius 1 is 1.17 bits per heavy atom. The quantitative estimate of drug-likeness (QED) is 0.832. The van der Waals surface area contributed by atoms with E-state index in [-0.39, 0.29) is 11.8 Å². The van der Waals surface area contributed by atoms with Gasteiger partial charge in [0.2, 0.25) is 5.91 Å². The molecule has 3 N–H and O–H groups in total. The second-order valence-electron chi connectivity index (χ2n) is 5.58. The molecule has 1 atom stereocenters. The summed E-state index contributed by atoms with van der Waals surface area (Å²) >= 11 is 0. The first-order chi connectivity index (χ1) is 8.74. The van der Waals surface area contributed by atoms with Crippen molar-refractivity contribution in [2.75, 3.05) is 0 Å². The Labute approximate surface area is 108 Å². The van der Waals surface area contributed by atoms with Crippen LogP contribution in [0.25, 0.3) is 0 Å². The molecule has 0 bridgehead atoms. The van der Waals surface area contributed by atoms with Gasteiger partial charge in [0.15, 0.2) is 0 Å². The van der Waals surface area contributed by atoms with Crippen molar-refractivity contribution in [2.45, 2.75) is 50.1 Å². The molecule has 1 fully saturated rings. The van der Waals surface area contributed by atoms with Crippen LogP contribution in [0.1, 0.15) is 42.7 Å². The lowest BCUT2D eigenvalue weighted by atomic mass is 9.77. The maximum Gasteiger partial charge on any atom is 0.228 e. The number of rotatable bonds is 2. The summed E-state index contributed by atoms with van der Waals surface area (Å²) in [7, 11) is 0. The largest absolute Gasteiger partial charge is 0.353 e. The third kappa shape index (κ3) is 2.15. The smallest absolute Gasteiger partial charge is 0.228 e. The van der Waals surface area contributed by atoms with Crippen LogP contribution in [0.3, 0.4) is 0 Å². The molecule has 3 nitrogen and oxygen atoms in total. The lowest BCUT2D eigenvalue weighted by Gasteiger charge is -2.32. The van der Waals surface area contributed by atoms with E-state index >= 15 is 0 Å². The molecule has 3 heteroatoms. The second-order valence-corrected chi connectivity index (χ2v) is 5.58. The SMILES string of the molecule is NC1CCC(NC(=O)C2Cc3ccccc32)CC1. The van der Waals surface area contributed by atoms with Crippen LogP contribution in [0.2, 0.25) is 0 Å². The summed E-state index contributed by atoms with van der Waals surface area (Å²) in [6.07, 6.45) is 5.02. The molecule has 1 amide bonds. The van der Waals surface area contributed by atoms with Crippen molar-refractivity contribution in [2.24, 2.45) is 5.73 Å². The molecule has 96 valence electrons. The topological polar surface area (TPSA) is 55.1 Å². The highest BCUT2D eigenvalue weighted by molar-refractivity contribution is 5.87. The van der Waals surface area contributed by atoms with Gasteiger partial charge in [-0.3, -0.25) is 4.79 Å². The van der Waals surface area contributed by atoms with Crippen LogP contribution in [-0.4, -0.2) is 18.0 Å². The number of hydrogen-bond acceptors (Lipinski definition) is 2. The third-order valence-corrected chi connectivity index (χ3v) is 4.29. The average molecular weight is 244 g/mol. The van der Waals surface area contributed by atoms with Crippen LogP contribution in [0, 0.1) is 0 Å². The maximum absolute atomic E-state index is 12.2. The summed E-state index contributed by atoms with van der Waals surface area (Å²) in [5, 5.41) is 3.19. The van der Waals surface area contributed by atoms with Crippen molar-refractivity contribution in [3.63, 3.8) is 0 Å². The van der Waals surface area contributed by atoms with E-state index in [0.717, 1.165) is 32.1 Å². The second kappa shape index (κ2) is 4.73. The first-order valence-electron chi connectivity index (χ1n) is 6.88. The Bertz CT molecular complexity index is 450. The summed E-state index contributed by atoms with van der Waals surface area (Å²) in [5.74, 6) is 0.283. The Hall–Kier alpha value is -1.35. The van der Waals surface area contributed by atoms with Crippen molar-refractivity contribution in [1.82, 2.24) is 5.32 Å². The van der Waals surface area contributed by atoms with Gasteiger partial charge >= 0.3 is 0 Å². The molecular weight excluding hydrogens is 224 g/mol. The standard InChI is InChI=1S/C15H20N2O/c16-11-5-7-12(8-6-11)17-15(18)14-9-10-3-1-2-4-13(10)14/h1-4,11-12,14H,5-9,16H2,(H,17,18). The van der Waals surface area contributed by atoms with E-state index in [1.165, 1.54) is 11.1 Å². The van der Waals surface area contributed by atoms with Crippen molar-refractivity contribution >= 4 is 5.91 Å². The molecule has 0 spiro atoms. The zero-order valence-corrected chi connectivity index (χ0v) is 10.6. The molecule has 1 aromatic carbocycles. The summed E-state index contributed by atoms with van der Waals surface area (Å²) in [5.41, 5.74) is 8.41. The molecule has 0 radical (unpaired) electrons. The number of nitrogens with one attached hydrogen (secondary N) is 1. The first kappa shape index (κ1) is 11.7. The summed E-state index contributed by atoms with van der Waals surface area (Å²) < 4.78 is 0. The molecule has 1 saturated carbocycles. The molecule has 0 heterocycles. The van der Waals surface area contributed by atoms with Crippen LogP contribution >= 0.6 is 0 Å². The fourth-order valence-corrected chi connectivity index (χ4v) is 3.06. The van der Waals surface area contributed by atoms with Gasteiger partial charge in [0.25, 0.3) is 0 Å². The number of fused-ring (bicyclic) bond motifs is 1. The van der Waals surface area contributed by atoms with E-state index in [2.05, 4.69) is 17.4 Å². The van der Waals surface area contributed by atoms with Gasteiger partial charge in [-0.25, -0.2) is 0 Å². The van der Waals surface area contributed by atoms with Crippen LogP contribution in [0.4, 0.5) is 0 Å². The van der Waals surface area contributed by atoms with Gasteiger partial charge < -0.3 is 11.1 Å². The highest BCUT2D eigenvalue weighted by atomic mass is 16.2. The molecule has 0 aliphatic heterocycles. The normalized spacial score (nSPS) is 30.2. The monoisotopic (exact) mass is 244 g/mol. The van der Waals surface area contributed by atoms with Crippen molar-refractivity contribution in [1.29, 1.82) is 0 Å². The Morgan fingerprint density at radius 2 is 1.89 bits per heavy atom. The number of carbonyl (C=O) groups is 1. The highest BCUT2D eigenvalue weighted by Gasteiger charge is 2.33. The van der Waals surface area contributed by atoms with Gasteiger partial charge in [-0.15, -0.1) is 0 Å². The minimum atomic E-state index is 0.0804. The molecule has 2 aliphatic carbocycles. The van der Waals surface area contributed by atoms with E-state index in [0.29, 0.717) is 12.1 Å². The summed E-state index contributed by atoms with van der Waals surface area (Å²) in [4.78, 5) is 12.2.